The molecule has 0 aromatic heterocycles. The number of ketones is 6. The van der Waals surface area contributed by atoms with Crippen LogP contribution in [0.2, 0.25) is 0 Å². The Hall–Kier alpha value is -2.77. The maximum absolute atomic E-state index is 14.1. The van der Waals surface area contributed by atoms with Gasteiger partial charge in [-0.1, -0.05) is 41.5 Å². The predicted octanol–water partition coefficient (Wildman–Crippen LogP) is 3.73. The summed E-state index contributed by atoms with van der Waals surface area (Å²) in [5, 5.41) is 9.15. The number of carbonyl (C=O) groups is 7. The fourth-order valence-corrected chi connectivity index (χ4v) is 8.45. The highest BCUT2D eigenvalue weighted by Gasteiger charge is 2.74. The van der Waals surface area contributed by atoms with Gasteiger partial charge in [0.2, 0.25) is 11.6 Å². The van der Waals surface area contributed by atoms with E-state index in [-0.39, 0.29) is 66.4 Å². The molecule has 0 spiro atoms. The van der Waals surface area contributed by atoms with E-state index in [9.17, 15) is 33.6 Å². The summed E-state index contributed by atoms with van der Waals surface area (Å²) < 4.78 is 0. The first kappa shape index (κ1) is 28.2. The Kier molecular flexibility index (Phi) is 6.40. The topological polar surface area (TPSA) is 140 Å². The molecule has 4 aliphatic rings. The summed E-state index contributed by atoms with van der Waals surface area (Å²) in [5.41, 5.74) is -4.49. The van der Waals surface area contributed by atoms with Gasteiger partial charge in [-0.2, -0.15) is 0 Å². The number of carboxylic acid groups (broad SMARTS) is 1. The zero-order valence-electron chi connectivity index (χ0n) is 23.4. The van der Waals surface area contributed by atoms with Gasteiger partial charge in [-0.3, -0.25) is 33.6 Å². The molecule has 0 aliphatic heterocycles. The normalized spacial score (nSPS) is 37.9. The quantitative estimate of drug-likeness (QED) is 0.517. The number of hydrogen-bond acceptors (Lipinski definition) is 7. The van der Waals surface area contributed by atoms with Crippen LogP contribution in [0.3, 0.4) is 0 Å². The van der Waals surface area contributed by atoms with Gasteiger partial charge in [0.15, 0.2) is 5.78 Å². The van der Waals surface area contributed by atoms with Crippen LogP contribution in [0.5, 0.6) is 0 Å². The third kappa shape index (κ3) is 3.44. The second kappa shape index (κ2) is 8.62. The van der Waals surface area contributed by atoms with Crippen molar-refractivity contribution in [3.8, 4) is 0 Å². The van der Waals surface area contributed by atoms with Crippen molar-refractivity contribution in [2.75, 3.05) is 0 Å². The maximum Gasteiger partial charge on any atom is 0.306 e. The molecule has 4 aliphatic carbocycles. The van der Waals surface area contributed by atoms with E-state index in [0.29, 0.717) is 6.42 Å². The fraction of sp³-hybridized carbons (Fsp3) is 0.700. The average Bonchev–Trinajstić information content (AvgIpc) is 3.03. The van der Waals surface area contributed by atoms with Gasteiger partial charge in [-0.25, -0.2) is 0 Å². The van der Waals surface area contributed by atoms with E-state index in [1.54, 1.807) is 34.6 Å². The number of hydrogen-bond donors (Lipinski definition) is 1. The van der Waals surface area contributed by atoms with Crippen LogP contribution in [0, 0.1) is 45.3 Å². The Morgan fingerprint density at radius 2 is 1.50 bits per heavy atom. The van der Waals surface area contributed by atoms with Crippen LogP contribution in [0.1, 0.15) is 87.0 Å². The Labute approximate surface area is 223 Å². The van der Waals surface area contributed by atoms with Crippen molar-refractivity contribution in [1.29, 1.82) is 0 Å². The highest BCUT2D eigenvalue weighted by Crippen LogP contribution is 2.68. The van der Waals surface area contributed by atoms with Crippen molar-refractivity contribution in [1.82, 2.24) is 0 Å². The number of rotatable bonds is 6. The third-order valence-corrected chi connectivity index (χ3v) is 11.1. The Balaban J connectivity index is 1.81. The van der Waals surface area contributed by atoms with Crippen LogP contribution in [0.25, 0.3) is 0 Å². The molecule has 4 rings (SSSR count). The van der Waals surface area contributed by atoms with Crippen molar-refractivity contribution in [3.63, 3.8) is 0 Å². The molecular formula is C30H38O8. The molecule has 38 heavy (non-hydrogen) atoms. The Bertz CT molecular complexity index is 1240. The van der Waals surface area contributed by atoms with Crippen LogP contribution in [0.4, 0.5) is 0 Å². The van der Waals surface area contributed by atoms with Crippen LogP contribution < -0.4 is 0 Å². The molecule has 8 heteroatoms. The van der Waals surface area contributed by atoms with Gasteiger partial charge in [-0.05, 0) is 31.1 Å². The van der Waals surface area contributed by atoms with Gasteiger partial charge in [-0.15, -0.1) is 0 Å². The molecule has 0 aromatic rings. The largest absolute Gasteiger partial charge is 0.481 e. The van der Waals surface area contributed by atoms with Gasteiger partial charge < -0.3 is 5.11 Å². The molecule has 0 aromatic carbocycles. The molecule has 0 amide bonds. The molecule has 0 saturated heterocycles. The minimum Gasteiger partial charge on any atom is -0.481 e. The summed E-state index contributed by atoms with van der Waals surface area (Å²) in [6.07, 6.45) is 0.346. The summed E-state index contributed by atoms with van der Waals surface area (Å²) in [6.45, 7) is 11.8. The molecule has 8 nitrogen and oxygen atoms in total. The average molecular weight is 527 g/mol. The van der Waals surface area contributed by atoms with Crippen molar-refractivity contribution >= 4 is 40.7 Å². The number of carbonyl (C=O) groups excluding carboxylic acids is 6. The first-order chi connectivity index (χ1) is 17.4. The SMILES string of the molecule is C[C@H](CC(=O)C[C@@H](C)[C@H]1CC(=O)[C@@]2(C)C3=C(C(=O)C(=O)[C@]12C)[C@@]1(C)CCC(=O)C(C)(C)C1CC3=O)C(=O)O. The summed E-state index contributed by atoms with van der Waals surface area (Å²) >= 11 is 0. The van der Waals surface area contributed by atoms with E-state index in [2.05, 4.69) is 0 Å². The maximum atomic E-state index is 14.1. The highest BCUT2D eigenvalue weighted by molar-refractivity contribution is 6.49. The zero-order valence-corrected chi connectivity index (χ0v) is 23.4. The summed E-state index contributed by atoms with van der Waals surface area (Å²) in [7, 11) is 0. The lowest BCUT2D eigenvalue weighted by Crippen LogP contribution is -2.62. The first-order valence-corrected chi connectivity index (χ1v) is 13.5. The van der Waals surface area contributed by atoms with Crippen LogP contribution >= 0.6 is 0 Å². The number of fused-ring (bicyclic) bond motifs is 4. The number of Topliss-reactive ketones (excluding diaryl/α,β-unsaturated/α-hetero) is 6. The second-order valence-corrected chi connectivity index (χ2v) is 13.4. The molecule has 2 saturated carbocycles. The van der Waals surface area contributed by atoms with Crippen molar-refractivity contribution in [2.45, 2.75) is 87.0 Å². The molecule has 0 radical (unpaired) electrons. The minimum absolute atomic E-state index is 0.0233. The fourth-order valence-electron chi connectivity index (χ4n) is 8.45. The van der Waals surface area contributed by atoms with E-state index in [1.165, 1.54) is 6.92 Å². The van der Waals surface area contributed by atoms with Gasteiger partial charge in [0.05, 0.1) is 16.7 Å². The number of allylic oxidation sites excluding steroid dienone is 2. The first-order valence-electron chi connectivity index (χ1n) is 13.5. The monoisotopic (exact) mass is 526 g/mol. The standard InChI is InChI=1S/C30H38O8/c1-14(10-16(31)11-15(2)26(37)38)17-12-21(34)30(7)22-18(32)13-19-27(3,4)20(33)8-9-28(19,5)23(22)24(35)25(36)29(17,30)6/h14-15,17,19H,8-13H2,1-7H3,(H,37,38)/t14-,15-,17-,19?,28+,29+,30+/m1/s1. The van der Waals surface area contributed by atoms with E-state index in [1.807, 2.05) is 6.92 Å². The minimum atomic E-state index is -1.51. The van der Waals surface area contributed by atoms with Crippen LogP contribution in [0.15, 0.2) is 11.1 Å². The summed E-state index contributed by atoms with van der Waals surface area (Å²) in [6, 6.07) is 0. The predicted molar refractivity (Wildman–Crippen MR) is 136 cm³/mol. The van der Waals surface area contributed by atoms with E-state index in [4.69, 9.17) is 5.11 Å². The van der Waals surface area contributed by atoms with E-state index < -0.39 is 62.9 Å². The van der Waals surface area contributed by atoms with Crippen LogP contribution in [-0.2, 0) is 33.6 Å². The molecular weight excluding hydrogens is 488 g/mol. The summed E-state index contributed by atoms with van der Waals surface area (Å²) in [5.74, 6) is -5.89. The molecule has 1 N–H and O–H groups in total. The third-order valence-electron chi connectivity index (χ3n) is 11.1. The van der Waals surface area contributed by atoms with Crippen molar-refractivity contribution < 1.29 is 38.7 Å². The molecule has 2 fully saturated rings. The van der Waals surface area contributed by atoms with Crippen LogP contribution in [-0.4, -0.2) is 45.8 Å². The Morgan fingerprint density at radius 3 is 2.08 bits per heavy atom. The molecule has 0 bridgehead atoms. The lowest BCUT2D eigenvalue weighted by atomic mass is 9.42. The van der Waals surface area contributed by atoms with Gasteiger partial charge in [0, 0.05) is 54.1 Å². The smallest absolute Gasteiger partial charge is 0.306 e. The highest BCUT2D eigenvalue weighted by atomic mass is 16.4. The molecule has 1 unspecified atom stereocenters. The summed E-state index contributed by atoms with van der Waals surface area (Å²) in [4.78, 5) is 92.4. The second-order valence-electron chi connectivity index (χ2n) is 13.4. The lowest BCUT2D eigenvalue weighted by Gasteiger charge is -2.57. The molecule has 7 atom stereocenters. The van der Waals surface area contributed by atoms with Crippen molar-refractivity contribution in [3.05, 3.63) is 11.1 Å². The molecule has 0 heterocycles. The van der Waals surface area contributed by atoms with Gasteiger partial charge in [0.25, 0.3) is 0 Å². The van der Waals surface area contributed by atoms with Crippen molar-refractivity contribution in [2.24, 2.45) is 45.3 Å². The number of aliphatic carboxylic acids is 1. The Morgan fingerprint density at radius 1 is 0.895 bits per heavy atom. The molecule has 206 valence electrons. The van der Waals surface area contributed by atoms with E-state index in [0.717, 1.165) is 0 Å². The number of carboxylic acids is 1. The van der Waals surface area contributed by atoms with Gasteiger partial charge >= 0.3 is 5.97 Å². The van der Waals surface area contributed by atoms with Gasteiger partial charge in [0.1, 0.15) is 17.3 Å². The lowest BCUT2D eigenvalue weighted by molar-refractivity contribution is -0.156. The zero-order chi connectivity index (χ0) is 28.7. The van der Waals surface area contributed by atoms with E-state index >= 15 is 0 Å².